The van der Waals surface area contributed by atoms with Crippen molar-refractivity contribution in [2.24, 2.45) is 0 Å². The molecule has 0 aliphatic carbocycles. The number of likely N-dealkylation sites (tertiary alicyclic amines) is 1. The first-order valence-electron chi connectivity index (χ1n) is 6.32. The van der Waals surface area contributed by atoms with Crippen molar-refractivity contribution < 1.29 is 19.4 Å². The van der Waals surface area contributed by atoms with E-state index in [0.29, 0.717) is 19.4 Å². The lowest BCUT2D eigenvalue weighted by molar-refractivity contribution is -0.153. The molecular weight excluding hydrogens is 222 g/mol. The van der Waals surface area contributed by atoms with Crippen LogP contribution in [0.3, 0.4) is 0 Å². The average molecular weight is 241 g/mol. The number of hydrogen-bond acceptors (Lipinski definition) is 3. The Bertz CT molecular complexity index is 299. The minimum atomic E-state index is -0.884. The summed E-state index contributed by atoms with van der Waals surface area (Å²) in [7, 11) is 0. The fourth-order valence-electron chi connectivity index (χ4n) is 2.60. The molecule has 0 unspecified atom stereocenters. The number of piperidine rings is 1. The maximum atomic E-state index is 12.1. The SMILES string of the molecule is O=C(O)[C@@H]1CCCCN1C(=O)C[C@H]1CCCO1. The van der Waals surface area contributed by atoms with Gasteiger partial charge in [0.05, 0.1) is 12.5 Å². The molecule has 0 bridgehead atoms. The molecule has 2 aliphatic heterocycles. The second-order valence-electron chi connectivity index (χ2n) is 4.78. The minimum absolute atomic E-state index is 0.00104. The molecule has 96 valence electrons. The van der Waals surface area contributed by atoms with E-state index in [1.807, 2.05) is 0 Å². The molecule has 1 N–H and O–H groups in total. The molecule has 5 heteroatoms. The molecule has 0 radical (unpaired) electrons. The number of hydrogen-bond donors (Lipinski definition) is 1. The van der Waals surface area contributed by atoms with Crippen LogP contribution in [0.15, 0.2) is 0 Å². The molecule has 0 saturated carbocycles. The van der Waals surface area contributed by atoms with Crippen LogP contribution in [0.2, 0.25) is 0 Å². The standard InChI is InChI=1S/C12H19NO4/c14-11(8-9-4-3-7-17-9)13-6-2-1-5-10(13)12(15)16/h9-10H,1-8H2,(H,15,16)/t9-,10+/m1/s1. The smallest absolute Gasteiger partial charge is 0.326 e. The molecular formula is C12H19NO4. The zero-order valence-electron chi connectivity index (χ0n) is 9.93. The van der Waals surface area contributed by atoms with E-state index >= 15 is 0 Å². The van der Waals surface area contributed by atoms with E-state index in [1.54, 1.807) is 0 Å². The van der Waals surface area contributed by atoms with Crippen molar-refractivity contribution in [2.75, 3.05) is 13.2 Å². The van der Waals surface area contributed by atoms with Gasteiger partial charge < -0.3 is 14.7 Å². The Morgan fingerprint density at radius 2 is 2.06 bits per heavy atom. The second-order valence-corrected chi connectivity index (χ2v) is 4.78. The number of amides is 1. The van der Waals surface area contributed by atoms with Crippen LogP contribution in [0.5, 0.6) is 0 Å². The summed E-state index contributed by atoms with van der Waals surface area (Å²) in [4.78, 5) is 24.7. The molecule has 2 heterocycles. The van der Waals surface area contributed by atoms with Crippen LogP contribution in [-0.2, 0) is 14.3 Å². The van der Waals surface area contributed by atoms with Gasteiger partial charge in [-0.25, -0.2) is 4.79 Å². The lowest BCUT2D eigenvalue weighted by atomic mass is 10.0. The largest absolute Gasteiger partial charge is 0.480 e. The van der Waals surface area contributed by atoms with E-state index in [4.69, 9.17) is 9.84 Å². The fraction of sp³-hybridized carbons (Fsp3) is 0.833. The summed E-state index contributed by atoms with van der Waals surface area (Å²) < 4.78 is 5.42. The van der Waals surface area contributed by atoms with Gasteiger partial charge in [0.25, 0.3) is 0 Å². The zero-order valence-corrected chi connectivity index (χ0v) is 9.93. The number of carbonyl (C=O) groups excluding carboxylic acids is 1. The third-order valence-corrected chi connectivity index (χ3v) is 3.53. The van der Waals surface area contributed by atoms with Crippen molar-refractivity contribution in [1.29, 1.82) is 0 Å². The first-order chi connectivity index (χ1) is 8.18. The normalized spacial score (nSPS) is 29.3. The van der Waals surface area contributed by atoms with Gasteiger partial charge in [0.2, 0.25) is 5.91 Å². The number of nitrogens with zero attached hydrogens (tertiary/aromatic N) is 1. The predicted molar refractivity (Wildman–Crippen MR) is 60.6 cm³/mol. The molecule has 2 atom stereocenters. The van der Waals surface area contributed by atoms with E-state index in [-0.39, 0.29) is 12.0 Å². The van der Waals surface area contributed by atoms with Gasteiger partial charge in [-0.2, -0.15) is 0 Å². The number of carbonyl (C=O) groups is 2. The summed E-state index contributed by atoms with van der Waals surface area (Å²) in [5.41, 5.74) is 0. The Labute approximate surface area is 101 Å². The number of carboxylic acids is 1. The van der Waals surface area contributed by atoms with Gasteiger partial charge >= 0.3 is 5.97 Å². The maximum absolute atomic E-state index is 12.1. The maximum Gasteiger partial charge on any atom is 0.326 e. The van der Waals surface area contributed by atoms with Crippen LogP contribution < -0.4 is 0 Å². The highest BCUT2D eigenvalue weighted by Crippen LogP contribution is 2.21. The number of carboxylic acid groups (broad SMARTS) is 1. The highest BCUT2D eigenvalue weighted by molar-refractivity contribution is 5.84. The predicted octanol–water partition coefficient (Wildman–Crippen LogP) is 1.02. The van der Waals surface area contributed by atoms with Gasteiger partial charge in [0.15, 0.2) is 0 Å². The van der Waals surface area contributed by atoms with E-state index in [2.05, 4.69) is 0 Å². The molecule has 2 saturated heterocycles. The lowest BCUT2D eigenvalue weighted by Gasteiger charge is -2.33. The molecule has 0 aromatic rings. The topological polar surface area (TPSA) is 66.8 Å². The highest BCUT2D eigenvalue weighted by Gasteiger charge is 2.33. The van der Waals surface area contributed by atoms with Gasteiger partial charge in [-0.05, 0) is 32.1 Å². The van der Waals surface area contributed by atoms with E-state index in [0.717, 1.165) is 32.3 Å². The third kappa shape index (κ3) is 2.97. The van der Waals surface area contributed by atoms with Crippen LogP contribution >= 0.6 is 0 Å². The molecule has 0 spiro atoms. The Balaban J connectivity index is 1.93. The number of aliphatic carboxylic acids is 1. The fourth-order valence-corrected chi connectivity index (χ4v) is 2.60. The summed E-state index contributed by atoms with van der Waals surface area (Å²) in [5.74, 6) is -0.950. The monoisotopic (exact) mass is 241 g/mol. The van der Waals surface area contributed by atoms with Crippen LogP contribution in [0, 0.1) is 0 Å². The summed E-state index contributed by atoms with van der Waals surface area (Å²) >= 11 is 0. The lowest BCUT2D eigenvalue weighted by Crippen LogP contribution is -2.48. The van der Waals surface area contributed by atoms with Gasteiger partial charge in [-0.1, -0.05) is 0 Å². The first kappa shape index (κ1) is 12.4. The molecule has 2 fully saturated rings. The van der Waals surface area contributed by atoms with Crippen LogP contribution in [0.4, 0.5) is 0 Å². The van der Waals surface area contributed by atoms with Crippen molar-refractivity contribution >= 4 is 11.9 Å². The van der Waals surface area contributed by atoms with E-state index in [9.17, 15) is 9.59 Å². The van der Waals surface area contributed by atoms with Crippen molar-refractivity contribution in [3.8, 4) is 0 Å². The summed E-state index contributed by atoms with van der Waals surface area (Å²) in [6, 6.07) is -0.627. The Kier molecular flexibility index (Phi) is 3.99. The molecule has 2 rings (SSSR count). The molecule has 0 aromatic carbocycles. The van der Waals surface area contributed by atoms with Crippen molar-refractivity contribution in [3.63, 3.8) is 0 Å². The highest BCUT2D eigenvalue weighted by atomic mass is 16.5. The molecule has 1 amide bonds. The molecule has 17 heavy (non-hydrogen) atoms. The number of rotatable bonds is 3. The Morgan fingerprint density at radius 3 is 2.71 bits per heavy atom. The second kappa shape index (κ2) is 5.49. The van der Waals surface area contributed by atoms with Crippen LogP contribution in [0.25, 0.3) is 0 Å². The summed E-state index contributed by atoms with van der Waals surface area (Å²) in [5, 5.41) is 9.09. The molecule has 0 aromatic heterocycles. The Morgan fingerprint density at radius 1 is 1.24 bits per heavy atom. The minimum Gasteiger partial charge on any atom is -0.480 e. The van der Waals surface area contributed by atoms with Crippen LogP contribution in [0.1, 0.15) is 38.5 Å². The van der Waals surface area contributed by atoms with Crippen molar-refractivity contribution in [3.05, 3.63) is 0 Å². The summed E-state index contributed by atoms with van der Waals surface area (Å²) in [6.07, 6.45) is 4.62. The van der Waals surface area contributed by atoms with Crippen molar-refractivity contribution in [1.82, 2.24) is 4.90 Å². The van der Waals surface area contributed by atoms with E-state index < -0.39 is 12.0 Å². The van der Waals surface area contributed by atoms with Crippen LogP contribution in [-0.4, -0.2) is 47.2 Å². The van der Waals surface area contributed by atoms with E-state index in [1.165, 1.54) is 4.90 Å². The molecule has 2 aliphatic rings. The quantitative estimate of drug-likeness (QED) is 0.801. The first-order valence-corrected chi connectivity index (χ1v) is 6.32. The van der Waals surface area contributed by atoms with Gasteiger partial charge in [0, 0.05) is 13.2 Å². The van der Waals surface area contributed by atoms with Gasteiger partial charge in [-0.3, -0.25) is 4.79 Å². The van der Waals surface area contributed by atoms with Gasteiger partial charge in [0.1, 0.15) is 6.04 Å². The summed E-state index contributed by atoms with van der Waals surface area (Å²) in [6.45, 7) is 1.29. The van der Waals surface area contributed by atoms with Gasteiger partial charge in [-0.15, -0.1) is 0 Å². The van der Waals surface area contributed by atoms with Crippen molar-refractivity contribution in [2.45, 2.75) is 50.7 Å². The third-order valence-electron chi connectivity index (χ3n) is 3.53. The zero-order chi connectivity index (χ0) is 12.3. The number of ether oxygens (including phenoxy) is 1. The molecule has 5 nitrogen and oxygen atoms in total. The average Bonchev–Trinajstić information content (AvgIpc) is 2.81. The Hall–Kier alpha value is -1.10.